The highest BCUT2D eigenvalue weighted by Gasteiger charge is 2.30. The fourth-order valence-corrected chi connectivity index (χ4v) is 5.67. The molecule has 7 heteroatoms. The average molecular weight is 350 g/mol. The molecule has 23 heavy (non-hydrogen) atoms. The van der Waals surface area contributed by atoms with Crippen molar-refractivity contribution in [1.29, 1.82) is 0 Å². The summed E-state index contributed by atoms with van der Waals surface area (Å²) in [6.45, 7) is 3.15. The molecule has 0 N–H and O–H groups in total. The van der Waals surface area contributed by atoms with E-state index in [4.69, 9.17) is 9.72 Å². The lowest BCUT2D eigenvalue weighted by Crippen LogP contribution is -2.24. The summed E-state index contributed by atoms with van der Waals surface area (Å²) in [5, 5.41) is 1.23. The summed E-state index contributed by atoms with van der Waals surface area (Å²) in [4.78, 5) is 31.7. The molecule has 0 spiro atoms. The van der Waals surface area contributed by atoms with Crippen molar-refractivity contribution in [2.75, 3.05) is 6.61 Å². The number of hydrogen-bond donors (Lipinski definition) is 0. The van der Waals surface area contributed by atoms with Crippen molar-refractivity contribution in [1.82, 2.24) is 9.55 Å². The third-order valence-corrected chi connectivity index (χ3v) is 6.79. The van der Waals surface area contributed by atoms with Crippen LogP contribution >= 0.6 is 23.1 Å². The minimum Gasteiger partial charge on any atom is -0.465 e. The first kappa shape index (κ1) is 15.2. The van der Waals surface area contributed by atoms with Crippen molar-refractivity contribution in [3.05, 3.63) is 20.8 Å². The highest BCUT2D eigenvalue weighted by Crippen LogP contribution is 2.36. The van der Waals surface area contributed by atoms with E-state index < -0.39 is 0 Å². The minimum atomic E-state index is -0.241. The average Bonchev–Trinajstić information content (AvgIpc) is 3.20. The van der Waals surface area contributed by atoms with Gasteiger partial charge in [-0.2, -0.15) is 0 Å². The van der Waals surface area contributed by atoms with Crippen LogP contribution in [0, 0.1) is 0 Å². The lowest BCUT2D eigenvalue weighted by Gasteiger charge is -2.13. The molecule has 4 rings (SSSR count). The van der Waals surface area contributed by atoms with Crippen LogP contribution < -0.4 is 5.56 Å². The molecule has 0 bridgehead atoms. The largest absolute Gasteiger partial charge is 0.465 e. The maximum atomic E-state index is 13.0. The van der Waals surface area contributed by atoms with E-state index in [-0.39, 0.29) is 16.8 Å². The number of carbonyl (C=O) groups is 1. The quantitative estimate of drug-likeness (QED) is 0.627. The minimum absolute atomic E-state index is 0.0603. The van der Waals surface area contributed by atoms with Gasteiger partial charge < -0.3 is 4.74 Å². The van der Waals surface area contributed by atoms with Gasteiger partial charge in [-0.05, 0) is 31.2 Å². The van der Waals surface area contributed by atoms with Crippen molar-refractivity contribution in [3.8, 4) is 0 Å². The zero-order chi connectivity index (χ0) is 16.0. The molecule has 1 fully saturated rings. The van der Waals surface area contributed by atoms with Gasteiger partial charge in [0, 0.05) is 17.8 Å². The first-order chi connectivity index (χ1) is 11.2. The number of cyclic esters (lactones) is 1. The molecule has 5 nitrogen and oxygen atoms in total. The lowest BCUT2D eigenvalue weighted by atomic mass is 10.2. The van der Waals surface area contributed by atoms with Crippen LogP contribution in [-0.2, 0) is 28.9 Å². The molecule has 0 saturated carbocycles. The zero-order valence-corrected chi connectivity index (χ0v) is 14.6. The van der Waals surface area contributed by atoms with Crippen molar-refractivity contribution >= 4 is 39.3 Å². The Morgan fingerprint density at radius 3 is 3.00 bits per heavy atom. The Balaban J connectivity index is 1.84. The third-order valence-electron chi connectivity index (χ3n) is 4.37. The molecule has 0 amide bonds. The SMILES string of the molecule is CCCn1c(S[C@H]2CCOC2=O)nc2sc3c(c2c1=O)CCC3. The summed E-state index contributed by atoms with van der Waals surface area (Å²) in [7, 11) is 0. The van der Waals surface area contributed by atoms with E-state index in [1.807, 2.05) is 6.92 Å². The van der Waals surface area contributed by atoms with Gasteiger partial charge in [0.05, 0.1) is 12.0 Å². The van der Waals surface area contributed by atoms with E-state index >= 15 is 0 Å². The monoisotopic (exact) mass is 350 g/mol. The van der Waals surface area contributed by atoms with E-state index in [1.165, 1.54) is 22.2 Å². The van der Waals surface area contributed by atoms with E-state index in [9.17, 15) is 9.59 Å². The Morgan fingerprint density at radius 2 is 2.26 bits per heavy atom. The Bertz CT molecular complexity index is 840. The Morgan fingerprint density at radius 1 is 1.39 bits per heavy atom. The van der Waals surface area contributed by atoms with Gasteiger partial charge in [0.25, 0.3) is 5.56 Å². The Hall–Kier alpha value is -1.34. The van der Waals surface area contributed by atoms with Crippen LogP contribution in [0.2, 0.25) is 0 Å². The fraction of sp³-hybridized carbons (Fsp3) is 0.562. The fourth-order valence-electron chi connectivity index (χ4n) is 3.28. The summed E-state index contributed by atoms with van der Waals surface area (Å²) in [5.74, 6) is -0.193. The molecule has 0 aromatic carbocycles. The van der Waals surface area contributed by atoms with Gasteiger partial charge in [-0.25, -0.2) is 4.98 Å². The second-order valence-corrected chi connectivity index (χ2v) is 8.20. The van der Waals surface area contributed by atoms with E-state index in [0.29, 0.717) is 24.7 Å². The number of thioether (sulfide) groups is 1. The molecule has 0 radical (unpaired) electrons. The number of rotatable bonds is 4. The van der Waals surface area contributed by atoms with Crippen molar-refractivity contribution in [2.45, 2.75) is 56.0 Å². The molecular weight excluding hydrogens is 332 g/mol. The summed E-state index contributed by atoms with van der Waals surface area (Å²) < 4.78 is 6.79. The molecule has 1 aliphatic heterocycles. The van der Waals surface area contributed by atoms with Crippen LogP contribution in [0.3, 0.4) is 0 Å². The number of carbonyl (C=O) groups excluding carboxylic acids is 1. The second-order valence-electron chi connectivity index (χ2n) is 5.95. The molecule has 1 saturated heterocycles. The van der Waals surface area contributed by atoms with Crippen LogP contribution in [0.25, 0.3) is 10.2 Å². The second kappa shape index (κ2) is 5.94. The van der Waals surface area contributed by atoms with E-state index in [1.54, 1.807) is 15.9 Å². The van der Waals surface area contributed by atoms with Gasteiger partial charge in [0.2, 0.25) is 0 Å². The van der Waals surface area contributed by atoms with Crippen molar-refractivity contribution in [3.63, 3.8) is 0 Å². The molecular formula is C16H18N2O3S2. The zero-order valence-electron chi connectivity index (χ0n) is 13.0. The maximum Gasteiger partial charge on any atom is 0.319 e. The summed E-state index contributed by atoms with van der Waals surface area (Å²) in [6.07, 6.45) is 4.72. The predicted octanol–water partition coefficient (Wildman–Crippen LogP) is 2.76. The number of thiophene rings is 1. The molecule has 2 aliphatic rings. The molecule has 3 heterocycles. The molecule has 2 aromatic heterocycles. The normalized spacial score (nSPS) is 20.2. The predicted molar refractivity (Wildman–Crippen MR) is 91.4 cm³/mol. The topological polar surface area (TPSA) is 61.2 Å². The molecule has 122 valence electrons. The summed E-state index contributed by atoms with van der Waals surface area (Å²) in [6, 6.07) is 0. The standard InChI is InChI=1S/C16H18N2O3S2/c1-2-7-18-14(19)12-9-4-3-5-10(9)22-13(12)17-16(18)23-11-6-8-21-15(11)20/h11H,2-8H2,1H3/t11-/m0/s1. The van der Waals surface area contributed by atoms with E-state index in [2.05, 4.69) is 0 Å². The third kappa shape index (κ3) is 2.50. The number of aryl methyl sites for hydroxylation is 2. The van der Waals surface area contributed by atoms with Crippen molar-refractivity contribution in [2.24, 2.45) is 0 Å². The number of fused-ring (bicyclic) bond motifs is 3. The molecule has 0 unspecified atom stereocenters. The highest BCUT2D eigenvalue weighted by atomic mass is 32.2. The van der Waals surface area contributed by atoms with Gasteiger partial charge in [0.15, 0.2) is 5.16 Å². The smallest absolute Gasteiger partial charge is 0.319 e. The van der Waals surface area contributed by atoms with Gasteiger partial charge in [-0.1, -0.05) is 18.7 Å². The number of nitrogens with zero attached hydrogens (tertiary/aromatic N) is 2. The van der Waals surface area contributed by atoms with Gasteiger partial charge in [0.1, 0.15) is 10.1 Å². The first-order valence-corrected chi connectivity index (χ1v) is 9.77. The van der Waals surface area contributed by atoms with Crippen LogP contribution in [0.15, 0.2) is 9.95 Å². The first-order valence-electron chi connectivity index (χ1n) is 8.07. The molecule has 1 atom stereocenters. The van der Waals surface area contributed by atoms with Crippen molar-refractivity contribution < 1.29 is 9.53 Å². The molecule has 1 aliphatic carbocycles. The van der Waals surface area contributed by atoms with Gasteiger partial charge in [-0.15, -0.1) is 11.3 Å². The Labute approximate surface area is 142 Å². The number of ether oxygens (including phenoxy) is 1. The number of esters is 1. The number of hydrogen-bond acceptors (Lipinski definition) is 6. The highest BCUT2D eigenvalue weighted by molar-refractivity contribution is 8.00. The maximum absolute atomic E-state index is 13.0. The lowest BCUT2D eigenvalue weighted by molar-refractivity contribution is -0.137. The van der Waals surface area contributed by atoms with Gasteiger partial charge >= 0.3 is 5.97 Å². The van der Waals surface area contributed by atoms with Crippen LogP contribution in [0.4, 0.5) is 0 Å². The van der Waals surface area contributed by atoms with Crippen LogP contribution in [0.1, 0.15) is 36.6 Å². The Kier molecular flexibility index (Phi) is 3.93. The molecule has 2 aromatic rings. The number of aromatic nitrogens is 2. The summed E-state index contributed by atoms with van der Waals surface area (Å²) in [5.41, 5.74) is 1.27. The van der Waals surface area contributed by atoms with Crippen LogP contribution in [0.5, 0.6) is 0 Å². The van der Waals surface area contributed by atoms with E-state index in [0.717, 1.165) is 35.9 Å². The summed E-state index contributed by atoms with van der Waals surface area (Å²) >= 11 is 3.03. The van der Waals surface area contributed by atoms with Gasteiger partial charge in [-0.3, -0.25) is 14.2 Å². The van der Waals surface area contributed by atoms with Crippen LogP contribution in [-0.4, -0.2) is 27.4 Å².